The summed E-state index contributed by atoms with van der Waals surface area (Å²) < 4.78 is 36.8. The van der Waals surface area contributed by atoms with Crippen molar-refractivity contribution in [2.24, 2.45) is 0 Å². The fraction of sp³-hybridized carbons (Fsp3) is 0.214. The summed E-state index contributed by atoms with van der Waals surface area (Å²) in [5.74, 6) is -1.03. The van der Waals surface area contributed by atoms with Crippen LogP contribution in [0.3, 0.4) is 0 Å². The number of sulfonamides is 1. The zero-order chi connectivity index (χ0) is 15.7. The molecule has 0 fully saturated rings. The summed E-state index contributed by atoms with van der Waals surface area (Å²) in [6.07, 6.45) is 3.02. The van der Waals surface area contributed by atoms with Gasteiger partial charge in [-0.2, -0.15) is 0 Å². The van der Waals surface area contributed by atoms with Crippen molar-refractivity contribution in [2.75, 3.05) is 0 Å². The van der Waals surface area contributed by atoms with Gasteiger partial charge in [0.1, 0.15) is 5.82 Å². The third-order valence-corrected chi connectivity index (χ3v) is 5.89. The van der Waals surface area contributed by atoms with Gasteiger partial charge in [-0.15, -0.1) is 16.2 Å². The Kier molecular flexibility index (Phi) is 3.98. The normalized spacial score (nSPS) is 13.9. The van der Waals surface area contributed by atoms with E-state index in [4.69, 9.17) is 0 Å². The third kappa shape index (κ3) is 3.03. The molecule has 0 saturated heterocycles. The van der Waals surface area contributed by atoms with Crippen molar-refractivity contribution in [3.05, 3.63) is 51.5 Å². The van der Waals surface area contributed by atoms with E-state index in [1.54, 1.807) is 6.07 Å². The van der Waals surface area contributed by atoms with Crippen molar-refractivity contribution in [1.29, 1.82) is 0 Å². The number of aryl methyl sites for hydroxylation is 2. The van der Waals surface area contributed by atoms with Crippen LogP contribution in [-0.4, -0.2) is 14.3 Å². The molecule has 5 nitrogen and oxygen atoms in total. The average Bonchev–Trinajstić information content (AvgIpc) is 3.06. The van der Waals surface area contributed by atoms with Gasteiger partial charge in [0.25, 0.3) is 15.9 Å². The van der Waals surface area contributed by atoms with Crippen LogP contribution in [-0.2, 0) is 22.9 Å². The van der Waals surface area contributed by atoms with E-state index < -0.39 is 21.7 Å². The first-order chi connectivity index (χ1) is 10.5. The number of hydrogen-bond donors (Lipinski definition) is 2. The van der Waals surface area contributed by atoms with E-state index in [2.05, 4.69) is 5.43 Å². The molecule has 1 heterocycles. The van der Waals surface area contributed by atoms with Crippen LogP contribution in [0.1, 0.15) is 26.5 Å². The second-order valence-electron chi connectivity index (χ2n) is 4.93. The maximum absolute atomic E-state index is 12.8. The quantitative estimate of drug-likeness (QED) is 0.836. The molecule has 1 amide bonds. The van der Waals surface area contributed by atoms with Crippen LogP contribution >= 0.6 is 11.3 Å². The minimum atomic E-state index is -3.92. The molecule has 1 aliphatic rings. The van der Waals surface area contributed by atoms with Crippen molar-refractivity contribution in [3.8, 4) is 0 Å². The van der Waals surface area contributed by atoms with Crippen LogP contribution in [0, 0.1) is 5.82 Å². The number of carbonyl (C=O) groups excluding carboxylic acids is 1. The molecule has 22 heavy (non-hydrogen) atoms. The lowest BCUT2D eigenvalue weighted by Crippen LogP contribution is -2.41. The van der Waals surface area contributed by atoms with Crippen molar-refractivity contribution in [1.82, 2.24) is 10.3 Å². The standard InChI is InChI=1S/C14H13FN2O3S2/c15-10-4-6-11(7-5-10)22(19,20)17-16-14(18)13-8-9-2-1-3-12(9)21-13/h4-8,17H,1-3H2,(H,16,18). The number of hydrogen-bond acceptors (Lipinski definition) is 4. The number of rotatable bonds is 4. The van der Waals surface area contributed by atoms with Crippen molar-refractivity contribution >= 4 is 27.3 Å². The van der Waals surface area contributed by atoms with Crippen LogP contribution in [0.4, 0.5) is 4.39 Å². The average molecular weight is 340 g/mol. The molecule has 0 spiro atoms. The molecule has 0 bridgehead atoms. The molecule has 3 rings (SSSR count). The van der Waals surface area contributed by atoms with Crippen LogP contribution in [0.2, 0.25) is 0 Å². The van der Waals surface area contributed by atoms with E-state index in [0.29, 0.717) is 4.88 Å². The fourth-order valence-electron chi connectivity index (χ4n) is 2.29. The van der Waals surface area contributed by atoms with Crippen molar-refractivity contribution < 1.29 is 17.6 Å². The second-order valence-corrected chi connectivity index (χ2v) is 7.75. The first-order valence-corrected chi connectivity index (χ1v) is 8.95. The zero-order valence-corrected chi connectivity index (χ0v) is 13.1. The number of fused-ring (bicyclic) bond motifs is 1. The van der Waals surface area contributed by atoms with Crippen LogP contribution in [0.25, 0.3) is 0 Å². The van der Waals surface area contributed by atoms with Crippen molar-refractivity contribution in [2.45, 2.75) is 24.2 Å². The summed E-state index contributed by atoms with van der Waals surface area (Å²) in [5, 5.41) is 0. The maximum Gasteiger partial charge on any atom is 0.276 e. The van der Waals surface area contributed by atoms with Gasteiger partial charge in [0.15, 0.2) is 0 Å². The molecule has 116 valence electrons. The Morgan fingerprint density at radius 2 is 1.91 bits per heavy atom. The van der Waals surface area contributed by atoms with Crippen molar-refractivity contribution in [3.63, 3.8) is 0 Å². The third-order valence-electron chi connectivity index (χ3n) is 3.39. The highest BCUT2D eigenvalue weighted by molar-refractivity contribution is 7.89. The summed E-state index contributed by atoms with van der Waals surface area (Å²) in [7, 11) is -3.92. The van der Waals surface area contributed by atoms with E-state index in [1.807, 2.05) is 4.83 Å². The van der Waals surface area contributed by atoms with Gasteiger partial charge in [-0.25, -0.2) is 12.8 Å². The highest BCUT2D eigenvalue weighted by Gasteiger charge is 2.20. The van der Waals surface area contributed by atoms with Gasteiger partial charge in [-0.05, 0) is 55.2 Å². The predicted octanol–water partition coefficient (Wildman–Crippen LogP) is 2.00. The number of hydrazine groups is 1. The number of thiophene rings is 1. The molecule has 0 aliphatic heterocycles. The SMILES string of the molecule is O=C(NNS(=O)(=O)c1ccc(F)cc1)c1cc2c(s1)CCC2. The number of amides is 1. The molecule has 0 unspecified atom stereocenters. The lowest BCUT2D eigenvalue weighted by molar-refractivity contribution is 0.0949. The highest BCUT2D eigenvalue weighted by Crippen LogP contribution is 2.30. The van der Waals surface area contributed by atoms with E-state index in [1.165, 1.54) is 16.2 Å². The Bertz CT molecular complexity index is 792. The molecule has 1 aromatic carbocycles. The number of nitrogens with one attached hydrogen (secondary N) is 2. The molecule has 2 N–H and O–H groups in total. The number of halogens is 1. The van der Waals surface area contributed by atoms with Gasteiger partial charge in [0.2, 0.25) is 0 Å². The molecule has 1 aliphatic carbocycles. The van der Waals surface area contributed by atoms with Gasteiger partial charge in [-0.3, -0.25) is 10.2 Å². The van der Waals surface area contributed by atoms with Crippen LogP contribution < -0.4 is 10.3 Å². The van der Waals surface area contributed by atoms with Crippen LogP contribution in [0.15, 0.2) is 35.2 Å². The highest BCUT2D eigenvalue weighted by atomic mass is 32.2. The summed E-state index contributed by atoms with van der Waals surface area (Å²) in [4.78, 5) is 15.6. The Morgan fingerprint density at radius 3 is 2.59 bits per heavy atom. The summed E-state index contributed by atoms with van der Waals surface area (Å²) in [5.41, 5.74) is 3.34. The predicted molar refractivity (Wildman–Crippen MR) is 80.5 cm³/mol. The number of benzene rings is 1. The molecule has 1 aromatic heterocycles. The smallest absolute Gasteiger partial charge is 0.273 e. The molecule has 8 heteroatoms. The summed E-state index contributed by atoms with van der Waals surface area (Å²) in [6, 6.07) is 6.14. The topological polar surface area (TPSA) is 75.3 Å². The minimum absolute atomic E-state index is 0.122. The Hall–Kier alpha value is -1.77. The van der Waals surface area contributed by atoms with Crippen LogP contribution in [0.5, 0.6) is 0 Å². The first kappa shape index (κ1) is 15.1. The molecule has 0 radical (unpaired) electrons. The Morgan fingerprint density at radius 1 is 1.18 bits per heavy atom. The molecule has 0 saturated carbocycles. The minimum Gasteiger partial charge on any atom is -0.273 e. The Labute approximate surface area is 131 Å². The largest absolute Gasteiger partial charge is 0.276 e. The lowest BCUT2D eigenvalue weighted by atomic mass is 10.2. The number of carbonyl (C=O) groups is 1. The zero-order valence-electron chi connectivity index (χ0n) is 11.4. The molecular formula is C14H13FN2O3S2. The fourth-order valence-corrected chi connectivity index (χ4v) is 4.28. The van der Waals surface area contributed by atoms with E-state index in [-0.39, 0.29) is 4.90 Å². The molecule has 0 atom stereocenters. The summed E-state index contributed by atoms with van der Waals surface area (Å²) in [6.45, 7) is 0. The monoisotopic (exact) mass is 340 g/mol. The van der Waals surface area contributed by atoms with Gasteiger partial charge < -0.3 is 0 Å². The van der Waals surface area contributed by atoms with Gasteiger partial charge in [0, 0.05) is 4.88 Å². The van der Waals surface area contributed by atoms with Gasteiger partial charge >= 0.3 is 0 Å². The maximum atomic E-state index is 12.8. The summed E-state index contributed by atoms with van der Waals surface area (Å²) >= 11 is 1.38. The lowest BCUT2D eigenvalue weighted by Gasteiger charge is -2.07. The Balaban J connectivity index is 1.68. The van der Waals surface area contributed by atoms with E-state index in [0.717, 1.165) is 49.1 Å². The second kappa shape index (κ2) is 5.79. The van der Waals surface area contributed by atoms with E-state index >= 15 is 0 Å². The van der Waals surface area contributed by atoms with Gasteiger partial charge in [-0.1, -0.05) is 0 Å². The first-order valence-electron chi connectivity index (χ1n) is 6.65. The molecular weight excluding hydrogens is 327 g/mol. The van der Waals surface area contributed by atoms with E-state index in [9.17, 15) is 17.6 Å². The molecule has 2 aromatic rings. The van der Waals surface area contributed by atoms with Gasteiger partial charge in [0.05, 0.1) is 9.77 Å².